The smallest absolute Gasteiger partial charge is 0.326 e. The van der Waals surface area contributed by atoms with Crippen molar-refractivity contribution in [2.45, 2.75) is 39.7 Å². The Morgan fingerprint density at radius 1 is 1.19 bits per heavy atom. The molecule has 31 heavy (non-hydrogen) atoms. The van der Waals surface area contributed by atoms with Gasteiger partial charge in [-0.25, -0.2) is 0 Å². The van der Waals surface area contributed by atoms with E-state index >= 15 is 0 Å². The summed E-state index contributed by atoms with van der Waals surface area (Å²) in [6.45, 7) is 3.98. The number of esters is 1. The topological polar surface area (TPSA) is 104 Å². The van der Waals surface area contributed by atoms with Gasteiger partial charge in [0.05, 0.1) is 21.7 Å². The zero-order valence-corrected chi connectivity index (χ0v) is 18.2. The van der Waals surface area contributed by atoms with E-state index in [1.807, 2.05) is 18.2 Å². The maximum atomic E-state index is 12.8. The first-order valence-electron chi connectivity index (χ1n) is 10.0. The van der Waals surface area contributed by atoms with Crippen LogP contribution >= 0.6 is 11.3 Å². The number of hydrogen-bond donors (Lipinski definition) is 0. The molecule has 0 radical (unpaired) electrons. The number of unbranched alkanes of at least 4 members (excludes halogenated alkanes) is 1. The third-order valence-corrected chi connectivity index (χ3v) is 5.73. The molecule has 0 unspecified atom stereocenters. The van der Waals surface area contributed by atoms with Crippen molar-refractivity contribution in [1.82, 2.24) is 4.57 Å². The van der Waals surface area contributed by atoms with Crippen LogP contribution < -0.4 is 4.80 Å². The lowest BCUT2D eigenvalue weighted by Gasteiger charge is -2.06. The molecule has 2 aromatic carbocycles. The molecule has 8 nitrogen and oxygen atoms in total. The number of carbonyl (C=O) groups excluding carboxylic acids is 2. The number of nitro groups is 1. The van der Waals surface area contributed by atoms with Crippen LogP contribution in [0.5, 0.6) is 0 Å². The Morgan fingerprint density at radius 2 is 1.97 bits per heavy atom. The molecule has 0 saturated carbocycles. The van der Waals surface area contributed by atoms with E-state index in [0.717, 1.165) is 35.0 Å². The van der Waals surface area contributed by atoms with Gasteiger partial charge in [0.25, 0.3) is 11.6 Å². The maximum absolute atomic E-state index is 12.8. The number of amides is 1. The van der Waals surface area contributed by atoms with Gasteiger partial charge in [-0.1, -0.05) is 42.9 Å². The lowest BCUT2D eigenvalue weighted by molar-refractivity contribution is -0.385. The Kier molecular flexibility index (Phi) is 7.30. The maximum Gasteiger partial charge on any atom is 0.326 e. The van der Waals surface area contributed by atoms with Crippen molar-refractivity contribution in [3.8, 4) is 0 Å². The molecule has 0 fully saturated rings. The SMILES string of the molecule is CCCCc1ccc2c(c1)sc(=NC(=O)c1ccccc1[N+](=O)[O-])n2CC(=O)OCC. The van der Waals surface area contributed by atoms with E-state index in [1.165, 1.54) is 29.5 Å². The van der Waals surface area contributed by atoms with E-state index in [1.54, 1.807) is 17.6 Å². The predicted octanol–water partition coefficient (Wildman–Crippen LogP) is 4.26. The molecular formula is C22H23N3O5S. The Morgan fingerprint density at radius 3 is 2.68 bits per heavy atom. The van der Waals surface area contributed by atoms with E-state index in [-0.39, 0.29) is 24.4 Å². The van der Waals surface area contributed by atoms with Crippen molar-refractivity contribution in [3.05, 3.63) is 68.5 Å². The third-order valence-electron chi connectivity index (χ3n) is 4.69. The van der Waals surface area contributed by atoms with Gasteiger partial charge >= 0.3 is 5.97 Å². The van der Waals surface area contributed by atoms with Gasteiger partial charge in [-0.15, -0.1) is 0 Å². The van der Waals surface area contributed by atoms with Crippen molar-refractivity contribution in [2.75, 3.05) is 6.61 Å². The third kappa shape index (κ3) is 5.24. The molecule has 162 valence electrons. The molecule has 0 aliphatic rings. The van der Waals surface area contributed by atoms with Crippen LogP contribution in [-0.4, -0.2) is 28.0 Å². The molecule has 0 aliphatic heterocycles. The second-order valence-corrected chi connectivity index (χ2v) is 7.88. The molecule has 1 aromatic heterocycles. The fraction of sp³-hybridized carbons (Fsp3) is 0.318. The summed E-state index contributed by atoms with van der Waals surface area (Å²) in [6.07, 6.45) is 3.08. The van der Waals surface area contributed by atoms with Crippen molar-refractivity contribution in [1.29, 1.82) is 0 Å². The fourth-order valence-electron chi connectivity index (χ4n) is 3.19. The Hall–Kier alpha value is -3.33. The highest BCUT2D eigenvalue weighted by atomic mass is 32.1. The molecule has 0 saturated heterocycles. The number of ether oxygens (including phenoxy) is 1. The van der Waals surface area contributed by atoms with Crippen molar-refractivity contribution < 1.29 is 19.2 Å². The van der Waals surface area contributed by atoms with Gasteiger partial charge in [-0.3, -0.25) is 19.7 Å². The number of thiazole rings is 1. The number of nitrogens with zero attached hydrogens (tertiary/aromatic N) is 3. The second kappa shape index (κ2) is 10.1. The summed E-state index contributed by atoms with van der Waals surface area (Å²) in [6, 6.07) is 11.6. The average Bonchev–Trinajstić information content (AvgIpc) is 3.08. The highest BCUT2D eigenvalue weighted by Gasteiger charge is 2.20. The molecule has 1 amide bonds. The van der Waals surface area contributed by atoms with Crippen LogP contribution in [0.4, 0.5) is 5.69 Å². The highest BCUT2D eigenvalue weighted by molar-refractivity contribution is 7.16. The molecule has 0 spiro atoms. The van der Waals surface area contributed by atoms with Crippen LogP contribution in [0.25, 0.3) is 10.2 Å². The zero-order valence-electron chi connectivity index (χ0n) is 17.4. The van der Waals surface area contributed by atoms with E-state index in [4.69, 9.17) is 4.74 Å². The molecular weight excluding hydrogens is 418 g/mol. The van der Waals surface area contributed by atoms with Crippen LogP contribution in [0.15, 0.2) is 47.5 Å². The van der Waals surface area contributed by atoms with Gasteiger partial charge in [-0.2, -0.15) is 4.99 Å². The van der Waals surface area contributed by atoms with E-state index in [0.29, 0.717) is 4.80 Å². The normalized spacial score (nSPS) is 11.6. The van der Waals surface area contributed by atoms with Crippen molar-refractivity contribution >= 4 is 39.1 Å². The Bertz CT molecular complexity index is 1200. The molecule has 0 N–H and O–H groups in total. The monoisotopic (exact) mass is 441 g/mol. The number of fused-ring (bicyclic) bond motifs is 1. The minimum Gasteiger partial charge on any atom is -0.465 e. The second-order valence-electron chi connectivity index (χ2n) is 6.87. The molecule has 0 aliphatic carbocycles. The first-order valence-corrected chi connectivity index (χ1v) is 10.9. The average molecular weight is 442 g/mol. The van der Waals surface area contributed by atoms with Gasteiger partial charge in [0.2, 0.25) is 0 Å². The molecule has 0 bridgehead atoms. The van der Waals surface area contributed by atoms with Gasteiger partial charge in [0, 0.05) is 6.07 Å². The lowest BCUT2D eigenvalue weighted by atomic mass is 10.1. The number of rotatable bonds is 8. The fourth-order valence-corrected chi connectivity index (χ4v) is 4.28. The molecule has 1 heterocycles. The van der Waals surface area contributed by atoms with E-state index in [9.17, 15) is 19.7 Å². The van der Waals surface area contributed by atoms with Crippen LogP contribution in [-0.2, 0) is 22.5 Å². The number of aromatic nitrogens is 1. The highest BCUT2D eigenvalue weighted by Crippen LogP contribution is 2.22. The molecule has 3 aromatic rings. The first-order chi connectivity index (χ1) is 14.9. The number of benzene rings is 2. The number of nitro benzene ring substituents is 1. The summed E-state index contributed by atoms with van der Waals surface area (Å²) in [7, 11) is 0. The number of carbonyl (C=O) groups is 2. The standard InChI is InChI=1S/C22H23N3O5S/c1-3-5-8-15-11-12-18-19(13-15)31-22(24(18)14-20(26)30-4-2)23-21(27)16-9-6-7-10-17(16)25(28)29/h6-7,9-13H,3-5,8,14H2,1-2H3. The van der Waals surface area contributed by atoms with Gasteiger partial charge in [0.1, 0.15) is 12.1 Å². The Balaban J connectivity index is 2.11. The summed E-state index contributed by atoms with van der Waals surface area (Å²) in [5.74, 6) is -1.18. The summed E-state index contributed by atoms with van der Waals surface area (Å²) in [5.41, 5.74) is 1.51. The van der Waals surface area contributed by atoms with Crippen molar-refractivity contribution in [2.24, 2.45) is 4.99 Å². The van der Waals surface area contributed by atoms with Gasteiger partial charge < -0.3 is 9.30 Å². The van der Waals surface area contributed by atoms with Gasteiger partial charge in [-0.05, 0) is 43.5 Å². The first kappa shape index (κ1) is 22.4. The van der Waals surface area contributed by atoms with Crippen molar-refractivity contribution in [3.63, 3.8) is 0 Å². The van der Waals surface area contributed by atoms with E-state index in [2.05, 4.69) is 11.9 Å². The quantitative estimate of drug-likeness (QED) is 0.295. The van der Waals surface area contributed by atoms with Crippen LogP contribution in [0.1, 0.15) is 42.6 Å². The minimum absolute atomic E-state index is 0.101. The number of para-hydroxylation sites is 1. The Labute approximate surface area is 183 Å². The van der Waals surface area contributed by atoms with E-state index < -0.39 is 16.8 Å². The zero-order chi connectivity index (χ0) is 22.4. The number of aryl methyl sites for hydroxylation is 1. The minimum atomic E-state index is -0.734. The van der Waals surface area contributed by atoms with Crippen LogP contribution in [0, 0.1) is 10.1 Å². The number of hydrogen-bond acceptors (Lipinski definition) is 6. The summed E-state index contributed by atoms with van der Waals surface area (Å²) in [5, 5.41) is 11.3. The molecule has 0 atom stereocenters. The van der Waals surface area contributed by atoms with Gasteiger partial charge in [0.15, 0.2) is 4.80 Å². The predicted molar refractivity (Wildman–Crippen MR) is 118 cm³/mol. The lowest BCUT2D eigenvalue weighted by Crippen LogP contribution is -2.23. The summed E-state index contributed by atoms with van der Waals surface area (Å²) < 4.78 is 7.57. The molecule has 3 rings (SSSR count). The largest absolute Gasteiger partial charge is 0.465 e. The van der Waals surface area contributed by atoms with Crippen LogP contribution in [0.2, 0.25) is 0 Å². The molecule has 9 heteroatoms. The summed E-state index contributed by atoms with van der Waals surface area (Å²) in [4.78, 5) is 40.1. The summed E-state index contributed by atoms with van der Waals surface area (Å²) >= 11 is 1.27. The van der Waals surface area contributed by atoms with Crippen LogP contribution in [0.3, 0.4) is 0 Å².